The average Bonchev–Trinajstić information content (AvgIpc) is 2.28. The van der Waals surface area contributed by atoms with Crippen LogP contribution >= 0.6 is 11.6 Å². The fourth-order valence-corrected chi connectivity index (χ4v) is 1.51. The summed E-state index contributed by atoms with van der Waals surface area (Å²) >= 11 is 5.49. The first-order valence-corrected chi connectivity index (χ1v) is 5.71. The lowest BCUT2D eigenvalue weighted by Crippen LogP contribution is -2.28. The first-order chi connectivity index (χ1) is 7.63. The molecular weight excluding hydrogens is 229 g/mol. The Labute approximate surface area is 100 Å². The Morgan fingerprint density at radius 1 is 1.38 bits per heavy atom. The minimum atomic E-state index is -0.240. The Kier molecular flexibility index (Phi) is 5.26. The second kappa shape index (κ2) is 6.48. The van der Waals surface area contributed by atoms with Crippen LogP contribution in [0.15, 0.2) is 24.3 Å². The van der Waals surface area contributed by atoms with Gasteiger partial charge in [0.2, 0.25) is 5.91 Å². The number of amides is 1. The van der Waals surface area contributed by atoms with Crippen molar-refractivity contribution in [2.45, 2.75) is 12.8 Å². The van der Waals surface area contributed by atoms with Gasteiger partial charge in [0.25, 0.3) is 0 Å². The van der Waals surface area contributed by atoms with Crippen molar-refractivity contribution in [2.24, 2.45) is 0 Å². The van der Waals surface area contributed by atoms with Gasteiger partial charge in [0, 0.05) is 25.9 Å². The Morgan fingerprint density at radius 2 is 2.00 bits per heavy atom. The zero-order chi connectivity index (χ0) is 12.0. The van der Waals surface area contributed by atoms with Gasteiger partial charge in [0.1, 0.15) is 5.82 Å². The molecule has 0 aromatic heterocycles. The number of hydrogen-bond acceptors (Lipinski definition) is 1. The second-order valence-corrected chi connectivity index (χ2v) is 4.01. The third kappa shape index (κ3) is 4.19. The van der Waals surface area contributed by atoms with Gasteiger partial charge in [0.05, 0.1) is 0 Å². The van der Waals surface area contributed by atoms with E-state index < -0.39 is 0 Å². The smallest absolute Gasteiger partial charge is 0.223 e. The molecule has 1 aromatic rings. The highest BCUT2D eigenvalue weighted by atomic mass is 35.5. The van der Waals surface area contributed by atoms with E-state index in [2.05, 4.69) is 0 Å². The van der Waals surface area contributed by atoms with Crippen molar-refractivity contribution in [1.82, 2.24) is 4.90 Å². The van der Waals surface area contributed by atoms with Gasteiger partial charge in [0.15, 0.2) is 0 Å². The largest absolute Gasteiger partial charge is 0.345 e. The molecule has 0 bridgehead atoms. The molecule has 0 aliphatic heterocycles. The number of halogens is 2. The van der Waals surface area contributed by atoms with Crippen LogP contribution in [0.3, 0.4) is 0 Å². The first kappa shape index (κ1) is 13.0. The van der Waals surface area contributed by atoms with Crippen molar-refractivity contribution in [3.05, 3.63) is 35.6 Å². The van der Waals surface area contributed by atoms with Gasteiger partial charge in [-0.25, -0.2) is 4.39 Å². The predicted octanol–water partition coefficient (Wildman–Crippen LogP) is 2.46. The molecule has 0 fully saturated rings. The van der Waals surface area contributed by atoms with Gasteiger partial charge in [-0.3, -0.25) is 4.79 Å². The number of carbonyl (C=O) groups is 1. The number of hydrogen-bond donors (Lipinski definition) is 0. The molecule has 0 radical (unpaired) electrons. The maximum atomic E-state index is 12.6. The lowest BCUT2D eigenvalue weighted by Gasteiger charge is -2.16. The molecule has 1 amide bonds. The molecule has 2 nitrogen and oxygen atoms in total. The summed E-state index contributed by atoms with van der Waals surface area (Å²) in [5.74, 6) is 0.145. The van der Waals surface area contributed by atoms with E-state index in [9.17, 15) is 9.18 Å². The molecule has 4 heteroatoms. The van der Waals surface area contributed by atoms with Crippen LogP contribution in [0.2, 0.25) is 0 Å². The molecule has 0 saturated heterocycles. The van der Waals surface area contributed by atoms with Gasteiger partial charge < -0.3 is 4.90 Å². The molecule has 0 heterocycles. The molecule has 0 aliphatic rings. The van der Waals surface area contributed by atoms with Crippen LogP contribution in [0.1, 0.15) is 12.0 Å². The Bertz CT molecular complexity index is 339. The van der Waals surface area contributed by atoms with Gasteiger partial charge in [-0.15, -0.1) is 11.6 Å². The normalized spacial score (nSPS) is 10.2. The van der Waals surface area contributed by atoms with Crippen LogP contribution in [0.4, 0.5) is 4.39 Å². The van der Waals surface area contributed by atoms with Crippen LogP contribution in [0.5, 0.6) is 0 Å². The summed E-state index contributed by atoms with van der Waals surface area (Å²) < 4.78 is 12.6. The van der Waals surface area contributed by atoms with E-state index in [0.717, 1.165) is 12.0 Å². The van der Waals surface area contributed by atoms with Crippen LogP contribution in [-0.4, -0.2) is 30.3 Å². The van der Waals surface area contributed by atoms with Crippen LogP contribution in [0.25, 0.3) is 0 Å². The van der Waals surface area contributed by atoms with Crippen LogP contribution < -0.4 is 0 Å². The summed E-state index contributed by atoms with van der Waals surface area (Å²) in [5, 5.41) is 0. The van der Waals surface area contributed by atoms with Crippen LogP contribution in [0, 0.1) is 5.82 Å². The highest BCUT2D eigenvalue weighted by Gasteiger charge is 2.07. The monoisotopic (exact) mass is 243 g/mol. The highest BCUT2D eigenvalue weighted by molar-refractivity contribution is 6.18. The second-order valence-electron chi connectivity index (χ2n) is 3.63. The molecule has 1 rings (SSSR count). The summed E-state index contributed by atoms with van der Waals surface area (Å²) in [7, 11) is 1.75. The maximum Gasteiger partial charge on any atom is 0.223 e. The summed E-state index contributed by atoms with van der Waals surface area (Å²) in [4.78, 5) is 13.0. The molecule has 0 saturated carbocycles. The van der Waals surface area contributed by atoms with Gasteiger partial charge in [-0.05, 0) is 24.1 Å². The Morgan fingerprint density at radius 3 is 2.56 bits per heavy atom. The number of likely N-dealkylation sites (N-methyl/N-ethyl adjacent to an activating group) is 1. The van der Waals surface area contributed by atoms with Crippen LogP contribution in [-0.2, 0) is 11.2 Å². The molecule has 16 heavy (non-hydrogen) atoms. The van der Waals surface area contributed by atoms with Crippen molar-refractivity contribution in [2.75, 3.05) is 19.5 Å². The van der Waals surface area contributed by atoms with Crippen molar-refractivity contribution in [3.63, 3.8) is 0 Å². The molecular formula is C12H15ClFNO. The number of benzene rings is 1. The quantitative estimate of drug-likeness (QED) is 0.728. The number of carbonyl (C=O) groups excluding carboxylic acids is 1. The van der Waals surface area contributed by atoms with E-state index in [4.69, 9.17) is 11.6 Å². The van der Waals surface area contributed by atoms with E-state index in [1.54, 1.807) is 24.1 Å². The van der Waals surface area contributed by atoms with Crippen molar-refractivity contribution >= 4 is 17.5 Å². The zero-order valence-corrected chi connectivity index (χ0v) is 10.0. The lowest BCUT2D eigenvalue weighted by atomic mass is 10.1. The Hall–Kier alpha value is -1.09. The lowest BCUT2D eigenvalue weighted by molar-refractivity contribution is -0.129. The molecule has 0 unspecified atom stereocenters. The van der Waals surface area contributed by atoms with Crippen molar-refractivity contribution in [3.8, 4) is 0 Å². The molecule has 0 N–H and O–H groups in total. The first-order valence-electron chi connectivity index (χ1n) is 5.18. The summed E-state index contributed by atoms with van der Waals surface area (Å²) in [5.41, 5.74) is 1.02. The molecule has 0 atom stereocenters. The summed E-state index contributed by atoms with van der Waals surface area (Å²) in [6, 6.07) is 6.32. The maximum absolute atomic E-state index is 12.6. The highest BCUT2D eigenvalue weighted by Crippen LogP contribution is 2.04. The van der Waals surface area contributed by atoms with Gasteiger partial charge in [-0.2, -0.15) is 0 Å². The molecule has 0 aliphatic carbocycles. The SMILES string of the molecule is CN(CCc1ccc(F)cc1)C(=O)CCCl. The van der Waals surface area contributed by atoms with E-state index in [0.29, 0.717) is 18.8 Å². The van der Waals surface area contributed by atoms with E-state index in [1.165, 1.54) is 12.1 Å². The molecule has 1 aromatic carbocycles. The van der Waals surface area contributed by atoms with Gasteiger partial charge >= 0.3 is 0 Å². The third-order valence-electron chi connectivity index (χ3n) is 2.38. The standard InChI is InChI=1S/C12H15ClFNO/c1-15(12(16)6-8-13)9-7-10-2-4-11(14)5-3-10/h2-5H,6-9H2,1H3. The van der Waals surface area contributed by atoms with E-state index in [1.807, 2.05) is 0 Å². The molecule has 88 valence electrons. The van der Waals surface area contributed by atoms with Crippen molar-refractivity contribution in [1.29, 1.82) is 0 Å². The predicted molar refractivity (Wildman–Crippen MR) is 63.1 cm³/mol. The molecule has 0 spiro atoms. The summed E-state index contributed by atoms with van der Waals surface area (Å²) in [6.45, 7) is 0.626. The Balaban J connectivity index is 2.39. The number of rotatable bonds is 5. The minimum Gasteiger partial charge on any atom is -0.345 e. The fraction of sp³-hybridized carbons (Fsp3) is 0.417. The fourth-order valence-electron chi connectivity index (χ4n) is 1.34. The topological polar surface area (TPSA) is 20.3 Å². The average molecular weight is 244 g/mol. The van der Waals surface area contributed by atoms with Gasteiger partial charge in [-0.1, -0.05) is 12.1 Å². The van der Waals surface area contributed by atoms with E-state index >= 15 is 0 Å². The number of alkyl halides is 1. The van der Waals surface area contributed by atoms with E-state index in [-0.39, 0.29) is 11.7 Å². The minimum absolute atomic E-state index is 0.0390. The number of nitrogens with zero attached hydrogens (tertiary/aromatic N) is 1. The van der Waals surface area contributed by atoms with Crippen molar-refractivity contribution < 1.29 is 9.18 Å². The third-order valence-corrected chi connectivity index (χ3v) is 2.57. The zero-order valence-electron chi connectivity index (χ0n) is 9.25. The summed E-state index contributed by atoms with van der Waals surface area (Å²) in [6.07, 6.45) is 1.09.